The average molecular weight is 809 g/mol. The Hall–Kier alpha value is -5.75. The summed E-state index contributed by atoms with van der Waals surface area (Å²) in [5.41, 5.74) is 18.2. The Kier molecular flexibility index (Phi) is 17.2. The molecule has 0 radical (unpaired) electrons. The van der Waals surface area contributed by atoms with Crippen molar-refractivity contribution in [2.45, 2.75) is 71.1 Å². The van der Waals surface area contributed by atoms with E-state index in [9.17, 15) is 32.2 Å². The summed E-state index contributed by atoms with van der Waals surface area (Å²) in [5.74, 6) is -0.617. The second-order valence-electron chi connectivity index (χ2n) is 13.0. The summed E-state index contributed by atoms with van der Waals surface area (Å²) >= 11 is 0. The lowest BCUT2D eigenvalue weighted by molar-refractivity contribution is -0.130. The van der Waals surface area contributed by atoms with E-state index in [4.69, 9.17) is 17.2 Å². The fourth-order valence-corrected chi connectivity index (χ4v) is 6.31. The van der Waals surface area contributed by atoms with E-state index in [-0.39, 0.29) is 64.5 Å². The lowest BCUT2D eigenvalue weighted by Gasteiger charge is -2.31. The Balaban J connectivity index is 0.000000248. The van der Waals surface area contributed by atoms with Crippen molar-refractivity contribution in [3.05, 3.63) is 94.8 Å². The Morgan fingerprint density at radius 1 is 0.737 bits per heavy atom. The number of halogens is 2. The molecule has 7 N–H and O–H groups in total. The van der Waals surface area contributed by atoms with E-state index in [0.29, 0.717) is 36.4 Å². The number of likely N-dealkylation sites (tertiary alicyclic amines) is 2. The lowest BCUT2D eigenvalue weighted by atomic mass is 10.0. The van der Waals surface area contributed by atoms with Gasteiger partial charge in [0, 0.05) is 81.4 Å². The summed E-state index contributed by atoms with van der Waals surface area (Å²) in [6.45, 7) is 7.96. The number of hydrogen-bond acceptors (Lipinski definition) is 13. The fourth-order valence-electron chi connectivity index (χ4n) is 5.68. The van der Waals surface area contributed by atoms with Crippen molar-refractivity contribution in [3.63, 3.8) is 0 Å². The third-order valence-corrected chi connectivity index (χ3v) is 10.2. The molecule has 0 spiro atoms. The molecular weight excluding hydrogens is 759 g/mol. The molecule has 4 heterocycles. The topological polar surface area (TPSA) is 233 Å². The molecule has 4 aromatic rings. The molecule has 0 saturated carbocycles. The smallest absolute Gasteiger partial charge is 0.224 e. The molecule has 2 fully saturated rings. The molecular formula is C39H50F2N10O5S. The minimum atomic E-state index is -1.33. The molecule has 2 aliphatic heterocycles. The molecule has 15 nitrogen and oxygen atoms in total. The first-order valence-electron chi connectivity index (χ1n) is 17.9. The van der Waals surface area contributed by atoms with Crippen molar-refractivity contribution in [1.82, 2.24) is 29.7 Å². The van der Waals surface area contributed by atoms with Gasteiger partial charge in [-0.25, -0.2) is 23.7 Å². The summed E-state index contributed by atoms with van der Waals surface area (Å²) < 4.78 is 37.4. The van der Waals surface area contributed by atoms with Gasteiger partial charge < -0.3 is 32.3 Å². The van der Waals surface area contributed by atoms with E-state index >= 15 is 0 Å². The van der Waals surface area contributed by atoms with Gasteiger partial charge in [0.15, 0.2) is 11.6 Å². The zero-order valence-corrected chi connectivity index (χ0v) is 32.2. The minimum Gasteiger partial charge on any atom is -0.383 e. The van der Waals surface area contributed by atoms with Crippen LogP contribution in [-0.2, 0) is 20.4 Å². The summed E-state index contributed by atoms with van der Waals surface area (Å²) in [5, 5.41) is 3.29. The Bertz CT molecular complexity index is 2020. The highest BCUT2D eigenvalue weighted by atomic mass is 32.2. The number of aromatic nitrogens is 4. The number of nitrogens with one attached hydrogen (secondary N) is 1. The standard InChI is InChI=1S/C18H20FN5O2.C13H12FN3O2S.C7H14N2O.CH4/c1-11(25)24-8-6-14(7-9-24)22-18-21-10-15(17(20)23-18)16(26)12-2-4-13(19)5-3-12;1-2-20(19)13-16-7-10(12(15)17-13)11(18)8-3-5-9(14)6-4-8;1-6(10)9-4-2-7(8)3-5-9;/h2-5,10,14H,6-9H2,1H3,(H3,20,21,22,23);3-7H,2H2,1H3,(H2,15,16,17);7H,2-5,8H2,1H3;1H4. The van der Waals surface area contributed by atoms with E-state index in [1.807, 2.05) is 4.90 Å². The maximum Gasteiger partial charge on any atom is 0.224 e. The van der Waals surface area contributed by atoms with Gasteiger partial charge in [-0.3, -0.25) is 23.4 Å². The third kappa shape index (κ3) is 13.2. The summed E-state index contributed by atoms with van der Waals surface area (Å²) in [6, 6.07) is 10.8. The highest BCUT2D eigenvalue weighted by Gasteiger charge is 2.22. The molecule has 2 amide bonds. The molecule has 2 saturated heterocycles. The van der Waals surface area contributed by atoms with Crippen molar-refractivity contribution in [2.24, 2.45) is 5.73 Å². The first kappa shape index (κ1) is 45.6. The van der Waals surface area contributed by atoms with Crippen LogP contribution in [0.25, 0.3) is 0 Å². The van der Waals surface area contributed by atoms with Crippen LogP contribution in [0, 0.1) is 11.6 Å². The Morgan fingerprint density at radius 2 is 1.16 bits per heavy atom. The largest absolute Gasteiger partial charge is 0.383 e. The zero-order valence-electron chi connectivity index (χ0n) is 31.4. The van der Waals surface area contributed by atoms with Crippen molar-refractivity contribution in [1.29, 1.82) is 0 Å². The summed E-state index contributed by atoms with van der Waals surface area (Å²) in [6.07, 6.45) is 6.12. The number of nitrogens with zero attached hydrogens (tertiary/aromatic N) is 6. The van der Waals surface area contributed by atoms with Gasteiger partial charge in [-0.2, -0.15) is 4.98 Å². The molecule has 0 aliphatic carbocycles. The van der Waals surface area contributed by atoms with Crippen LogP contribution in [0.4, 0.5) is 26.4 Å². The van der Waals surface area contributed by atoms with Crippen LogP contribution < -0.4 is 22.5 Å². The average Bonchev–Trinajstić information content (AvgIpc) is 3.18. The van der Waals surface area contributed by atoms with E-state index in [1.54, 1.807) is 25.7 Å². The monoisotopic (exact) mass is 808 g/mol. The predicted octanol–water partition coefficient (Wildman–Crippen LogP) is 4.00. The molecule has 6 rings (SSSR count). The van der Waals surface area contributed by atoms with Gasteiger partial charge in [0.25, 0.3) is 0 Å². The number of piperidine rings is 2. The predicted molar refractivity (Wildman–Crippen MR) is 215 cm³/mol. The molecule has 1 atom stereocenters. The number of benzene rings is 2. The highest BCUT2D eigenvalue weighted by molar-refractivity contribution is 7.84. The van der Waals surface area contributed by atoms with Gasteiger partial charge in [0.2, 0.25) is 22.9 Å². The van der Waals surface area contributed by atoms with Gasteiger partial charge >= 0.3 is 0 Å². The number of hydrogen-bond donors (Lipinski definition) is 4. The quantitative estimate of drug-likeness (QED) is 0.146. The first-order valence-corrected chi connectivity index (χ1v) is 19.3. The number of carbonyl (C=O) groups is 4. The van der Waals surface area contributed by atoms with E-state index < -0.39 is 28.2 Å². The van der Waals surface area contributed by atoms with Crippen LogP contribution in [0.2, 0.25) is 0 Å². The van der Waals surface area contributed by atoms with Crippen LogP contribution in [-0.4, -0.2) is 101 Å². The van der Waals surface area contributed by atoms with E-state index in [0.717, 1.165) is 38.8 Å². The summed E-state index contributed by atoms with van der Waals surface area (Å²) in [4.78, 5) is 66.5. The van der Waals surface area contributed by atoms with Gasteiger partial charge in [0.1, 0.15) is 23.3 Å². The zero-order chi connectivity index (χ0) is 40.9. The third-order valence-electron chi connectivity index (χ3n) is 9.04. The Labute approximate surface area is 333 Å². The van der Waals surface area contributed by atoms with Crippen LogP contribution >= 0.6 is 0 Å². The molecule has 306 valence electrons. The molecule has 2 aromatic heterocycles. The van der Waals surface area contributed by atoms with Crippen LogP contribution in [0.3, 0.4) is 0 Å². The van der Waals surface area contributed by atoms with Crippen LogP contribution in [0.15, 0.2) is 66.1 Å². The second-order valence-corrected chi connectivity index (χ2v) is 14.7. The maximum absolute atomic E-state index is 13.0. The Morgan fingerprint density at radius 3 is 1.56 bits per heavy atom. The highest BCUT2D eigenvalue weighted by Crippen LogP contribution is 2.20. The number of ketones is 2. The van der Waals surface area contributed by atoms with Crippen LogP contribution in [0.5, 0.6) is 0 Å². The molecule has 18 heteroatoms. The number of amides is 2. The SMILES string of the molecule is C.CC(=O)N1CCC(N)CC1.CC(=O)N1CCC(Nc2ncc(C(=O)c3ccc(F)cc3)c(N)n2)CC1.CCS(=O)c1ncc(C(=O)c2ccc(F)cc2)c(N)n1. The fraction of sp³-hybridized carbons (Fsp3) is 0.385. The van der Waals surface area contributed by atoms with Gasteiger partial charge in [-0.15, -0.1) is 0 Å². The normalized spacial score (nSPS) is 14.8. The molecule has 0 bridgehead atoms. The van der Waals surface area contributed by atoms with Gasteiger partial charge in [-0.05, 0) is 74.2 Å². The molecule has 1 unspecified atom stereocenters. The van der Waals surface area contributed by atoms with Gasteiger partial charge in [-0.1, -0.05) is 14.4 Å². The van der Waals surface area contributed by atoms with E-state index in [1.165, 1.54) is 60.9 Å². The minimum absolute atomic E-state index is 0. The number of nitrogens with two attached hydrogens (primary N) is 3. The van der Waals surface area contributed by atoms with Crippen molar-refractivity contribution in [3.8, 4) is 0 Å². The number of nitrogen functional groups attached to an aromatic ring is 2. The number of carbonyl (C=O) groups excluding carboxylic acids is 4. The molecule has 2 aliphatic rings. The van der Waals surface area contributed by atoms with Crippen molar-refractivity contribution in [2.75, 3.05) is 48.7 Å². The second kappa shape index (κ2) is 21.5. The van der Waals surface area contributed by atoms with E-state index in [2.05, 4.69) is 25.3 Å². The van der Waals surface area contributed by atoms with Crippen molar-refractivity contribution < 1.29 is 32.2 Å². The lowest BCUT2D eigenvalue weighted by Crippen LogP contribution is -2.41. The number of rotatable bonds is 8. The molecule has 57 heavy (non-hydrogen) atoms. The van der Waals surface area contributed by atoms with Gasteiger partial charge in [0.05, 0.1) is 21.9 Å². The van der Waals surface area contributed by atoms with Crippen molar-refractivity contribution >= 4 is 51.8 Å². The summed E-state index contributed by atoms with van der Waals surface area (Å²) in [7, 11) is -1.33. The maximum atomic E-state index is 13.0. The first-order chi connectivity index (χ1) is 26.7. The molecule has 2 aromatic carbocycles. The number of anilines is 3. The van der Waals surface area contributed by atoms with Crippen LogP contribution in [0.1, 0.15) is 85.7 Å².